The van der Waals surface area contributed by atoms with Gasteiger partial charge in [0.1, 0.15) is 5.75 Å². The van der Waals surface area contributed by atoms with E-state index in [4.69, 9.17) is 9.47 Å². The van der Waals surface area contributed by atoms with Crippen molar-refractivity contribution in [2.45, 2.75) is 72.1 Å². The Hall–Kier alpha value is -2.34. The molecule has 182 valence electrons. The molecule has 1 aliphatic carbocycles. The summed E-state index contributed by atoms with van der Waals surface area (Å²) in [5.41, 5.74) is 1.48. The summed E-state index contributed by atoms with van der Waals surface area (Å²) in [6.07, 6.45) is 9.28. The molecule has 6 heteroatoms. The zero-order chi connectivity index (χ0) is 24.1. The van der Waals surface area contributed by atoms with Crippen molar-refractivity contribution in [1.29, 1.82) is 0 Å². The van der Waals surface area contributed by atoms with Gasteiger partial charge in [0.2, 0.25) is 0 Å². The Kier molecular flexibility index (Phi) is 8.22. The minimum atomic E-state index is -0.520. The highest BCUT2D eigenvalue weighted by Gasteiger charge is 2.35. The zero-order valence-corrected chi connectivity index (χ0v) is 21.0. The van der Waals surface area contributed by atoms with Gasteiger partial charge in [-0.05, 0) is 78.2 Å². The average molecular weight is 457 g/mol. The predicted octanol–water partition coefficient (Wildman–Crippen LogP) is 5.50. The lowest BCUT2D eigenvalue weighted by Crippen LogP contribution is -2.34. The molecule has 0 unspecified atom stereocenters. The molecule has 1 N–H and O–H groups in total. The summed E-state index contributed by atoms with van der Waals surface area (Å²) in [5.74, 6) is 0.207. The van der Waals surface area contributed by atoms with E-state index in [9.17, 15) is 9.59 Å². The molecule has 0 aliphatic heterocycles. The number of hydrogen-bond donors (Lipinski definition) is 1. The molecule has 0 spiro atoms. The van der Waals surface area contributed by atoms with Gasteiger partial charge in [-0.1, -0.05) is 25.3 Å². The number of fused-ring (bicyclic) bond motifs is 1. The second kappa shape index (κ2) is 10.7. The smallest absolute Gasteiger partial charge is 0.311 e. The van der Waals surface area contributed by atoms with E-state index in [1.807, 2.05) is 45.2 Å². The first kappa shape index (κ1) is 25.3. The highest BCUT2D eigenvalue weighted by molar-refractivity contribution is 5.91. The standard InChI is InChI=1S/C27H40N2O4/c1-26(2,3)25(31)32-19-27(14-7-6-8-15-27)16-12-23(30)33-22-11-9-10-21-24(22)20(18-28-21)13-17-29(4)5/h9-11,18,28H,6-8,12-17,19H2,1-5H3. The molecule has 2 aromatic rings. The number of rotatable bonds is 9. The SMILES string of the molecule is CN(C)CCc1c[nH]c2cccc(OC(=O)CCC3(COC(=O)C(C)(C)C)CCCCC3)c12. The summed E-state index contributed by atoms with van der Waals surface area (Å²) >= 11 is 0. The summed E-state index contributed by atoms with van der Waals surface area (Å²) < 4.78 is 11.6. The molecular weight excluding hydrogens is 416 g/mol. The molecule has 1 heterocycles. The molecule has 33 heavy (non-hydrogen) atoms. The first-order chi connectivity index (χ1) is 15.6. The molecule has 6 nitrogen and oxygen atoms in total. The number of ether oxygens (including phenoxy) is 2. The second-order valence-corrected chi connectivity index (χ2v) is 10.9. The van der Waals surface area contributed by atoms with Crippen LogP contribution in [0.3, 0.4) is 0 Å². The quantitative estimate of drug-likeness (QED) is 0.399. The fraction of sp³-hybridized carbons (Fsp3) is 0.630. The van der Waals surface area contributed by atoms with E-state index in [-0.39, 0.29) is 17.4 Å². The van der Waals surface area contributed by atoms with Crippen molar-refractivity contribution in [1.82, 2.24) is 9.88 Å². The van der Waals surface area contributed by atoms with Gasteiger partial charge >= 0.3 is 11.9 Å². The summed E-state index contributed by atoms with van der Waals surface area (Å²) in [6.45, 7) is 6.92. The lowest BCUT2D eigenvalue weighted by Gasteiger charge is -2.37. The Morgan fingerprint density at radius 1 is 1.12 bits per heavy atom. The molecule has 0 saturated heterocycles. The normalized spacial score (nSPS) is 16.2. The predicted molar refractivity (Wildman–Crippen MR) is 131 cm³/mol. The van der Waals surface area contributed by atoms with E-state index in [1.165, 1.54) is 6.42 Å². The number of carbonyl (C=O) groups is 2. The number of aromatic nitrogens is 1. The van der Waals surface area contributed by atoms with Crippen LogP contribution in [0.15, 0.2) is 24.4 Å². The number of nitrogens with one attached hydrogen (secondary N) is 1. The summed E-state index contributed by atoms with van der Waals surface area (Å²) in [5, 5.41) is 0.985. The largest absolute Gasteiger partial charge is 0.465 e. The van der Waals surface area contributed by atoms with Crippen LogP contribution in [0.1, 0.15) is 71.3 Å². The first-order valence-corrected chi connectivity index (χ1v) is 12.2. The summed E-state index contributed by atoms with van der Waals surface area (Å²) in [4.78, 5) is 30.7. The van der Waals surface area contributed by atoms with E-state index < -0.39 is 5.41 Å². The Morgan fingerprint density at radius 3 is 2.52 bits per heavy atom. The van der Waals surface area contributed by atoms with E-state index in [2.05, 4.69) is 24.0 Å². The number of benzene rings is 1. The van der Waals surface area contributed by atoms with Gasteiger partial charge in [0.25, 0.3) is 0 Å². The molecule has 1 aromatic heterocycles. The van der Waals surface area contributed by atoms with Gasteiger partial charge in [-0.2, -0.15) is 0 Å². The number of nitrogens with zero attached hydrogens (tertiary/aromatic N) is 1. The monoisotopic (exact) mass is 456 g/mol. The second-order valence-electron chi connectivity index (χ2n) is 10.9. The van der Waals surface area contributed by atoms with Gasteiger partial charge in [-0.3, -0.25) is 9.59 Å². The van der Waals surface area contributed by atoms with E-state index in [0.29, 0.717) is 25.2 Å². The zero-order valence-electron chi connectivity index (χ0n) is 21.0. The van der Waals surface area contributed by atoms with Crippen LogP contribution >= 0.6 is 0 Å². The minimum absolute atomic E-state index is 0.130. The molecule has 0 atom stereocenters. The Balaban J connectivity index is 1.66. The molecular formula is C27H40N2O4. The summed E-state index contributed by atoms with van der Waals surface area (Å²) in [6, 6.07) is 5.78. The van der Waals surface area contributed by atoms with Crippen molar-refractivity contribution < 1.29 is 19.1 Å². The van der Waals surface area contributed by atoms with Crippen LogP contribution in [0.25, 0.3) is 10.9 Å². The Morgan fingerprint density at radius 2 is 1.85 bits per heavy atom. The van der Waals surface area contributed by atoms with Gasteiger partial charge in [0.15, 0.2) is 0 Å². The maximum Gasteiger partial charge on any atom is 0.311 e. The molecule has 0 bridgehead atoms. The van der Waals surface area contributed by atoms with Crippen LogP contribution in [0.2, 0.25) is 0 Å². The van der Waals surface area contributed by atoms with Crippen molar-refractivity contribution >= 4 is 22.8 Å². The summed E-state index contributed by atoms with van der Waals surface area (Å²) in [7, 11) is 4.10. The first-order valence-electron chi connectivity index (χ1n) is 12.2. The lowest BCUT2D eigenvalue weighted by molar-refractivity contribution is -0.158. The number of carbonyl (C=O) groups excluding carboxylic acids is 2. The minimum Gasteiger partial charge on any atom is -0.465 e. The van der Waals surface area contributed by atoms with Crippen molar-refractivity contribution in [3.63, 3.8) is 0 Å². The molecule has 0 amide bonds. The molecule has 1 fully saturated rings. The third kappa shape index (κ3) is 6.83. The van der Waals surface area contributed by atoms with Crippen LogP contribution in [-0.2, 0) is 20.7 Å². The van der Waals surface area contributed by atoms with Gasteiger partial charge in [-0.15, -0.1) is 0 Å². The van der Waals surface area contributed by atoms with E-state index in [0.717, 1.165) is 55.1 Å². The maximum absolute atomic E-state index is 12.9. The van der Waals surface area contributed by atoms with Crippen LogP contribution in [0, 0.1) is 10.8 Å². The molecule has 1 aromatic carbocycles. The van der Waals surface area contributed by atoms with E-state index in [1.54, 1.807) is 0 Å². The topological polar surface area (TPSA) is 71.6 Å². The van der Waals surface area contributed by atoms with Crippen molar-refractivity contribution in [3.8, 4) is 5.75 Å². The molecule has 3 rings (SSSR count). The van der Waals surface area contributed by atoms with Gasteiger partial charge in [0.05, 0.1) is 12.0 Å². The average Bonchev–Trinajstić information content (AvgIpc) is 3.19. The number of aromatic amines is 1. The molecule has 1 saturated carbocycles. The van der Waals surface area contributed by atoms with Crippen LogP contribution in [0.5, 0.6) is 5.75 Å². The van der Waals surface area contributed by atoms with Crippen LogP contribution in [-0.4, -0.2) is 49.1 Å². The van der Waals surface area contributed by atoms with Crippen molar-refractivity contribution in [3.05, 3.63) is 30.0 Å². The highest BCUT2D eigenvalue weighted by Crippen LogP contribution is 2.41. The number of likely N-dealkylation sites (N-methyl/N-ethyl adjacent to an activating group) is 1. The maximum atomic E-state index is 12.9. The van der Waals surface area contributed by atoms with Gasteiger partial charge in [0, 0.05) is 35.5 Å². The van der Waals surface area contributed by atoms with Gasteiger partial charge in [-0.25, -0.2) is 0 Å². The van der Waals surface area contributed by atoms with E-state index >= 15 is 0 Å². The molecule has 1 aliphatic rings. The van der Waals surface area contributed by atoms with Crippen LogP contribution in [0.4, 0.5) is 0 Å². The fourth-order valence-electron chi connectivity index (χ4n) is 4.59. The number of esters is 2. The Labute approximate surface area is 198 Å². The fourth-order valence-corrected chi connectivity index (χ4v) is 4.59. The molecule has 0 radical (unpaired) electrons. The van der Waals surface area contributed by atoms with Gasteiger partial charge < -0.3 is 19.4 Å². The third-order valence-corrected chi connectivity index (χ3v) is 6.70. The van der Waals surface area contributed by atoms with Crippen molar-refractivity contribution in [2.24, 2.45) is 10.8 Å². The highest BCUT2D eigenvalue weighted by atomic mass is 16.5. The Bertz CT molecular complexity index is 949. The number of hydrogen-bond acceptors (Lipinski definition) is 5. The lowest BCUT2D eigenvalue weighted by atomic mass is 9.71. The van der Waals surface area contributed by atoms with Crippen molar-refractivity contribution in [2.75, 3.05) is 27.2 Å². The van der Waals surface area contributed by atoms with Crippen LogP contribution < -0.4 is 4.74 Å². The third-order valence-electron chi connectivity index (χ3n) is 6.70. The number of H-pyrrole nitrogens is 1.